The van der Waals surface area contributed by atoms with E-state index in [0.717, 1.165) is 70.6 Å². The number of nitrogens with one attached hydrogen (secondary N) is 1. The molecule has 0 fully saturated rings. The first-order valence-corrected chi connectivity index (χ1v) is 25.8. The van der Waals surface area contributed by atoms with E-state index in [0.29, 0.717) is 12.8 Å². The highest BCUT2D eigenvalue weighted by Crippen LogP contribution is 2.16. The molecule has 0 saturated carbocycles. The van der Waals surface area contributed by atoms with Crippen LogP contribution in [0.15, 0.2) is 85.1 Å². The van der Waals surface area contributed by atoms with E-state index in [9.17, 15) is 15.0 Å². The predicted octanol–water partition coefficient (Wildman–Crippen LogP) is 16.8. The first-order chi connectivity index (χ1) is 29.7. The number of rotatable bonds is 46. The minimum absolute atomic E-state index is 0.0357. The summed E-state index contributed by atoms with van der Waals surface area (Å²) in [7, 11) is 0. The predicted molar refractivity (Wildman–Crippen MR) is 267 cm³/mol. The van der Waals surface area contributed by atoms with Gasteiger partial charge in [0.1, 0.15) is 0 Å². The fraction of sp³-hybridized carbons (Fsp3) is 0.732. The maximum atomic E-state index is 12.3. The van der Waals surface area contributed by atoms with Crippen molar-refractivity contribution in [3.05, 3.63) is 85.1 Å². The average molecular weight is 834 g/mol. The molecule has 0 spiro atoms. The molecule has 1 amide bonds. The van der Waals surface area contributed by atoms with Gasteiger partial charge in [0.2, 0.25) is 5.91 Å². The van der Waals surface area contributed by atoms with Gasteiger partial charge < -0.3 is 15.5 Å². The zero-order valence-electron chi connectivity index (χ0n) is 39.7. The van der Waals surface area contributed by atoms with Gasteiger partial charge in [0.15, 0.2) is 0 Å². The Morgan fingerprint density at radius 1 is 0.417 bits per heavy atom. The first kappa shape index (κ1) is 57.6. The molecule has 0 aliphatic rings. The molecule has 4 heteroatoms. The number of allylic oxidation sites excluding steroid dienone is 14. The lowest BCUT2D eigenvalue weighted by Crippen LogP contribution is -2.45. The van der Waals surface area contributed by atoms with Crippen molar-refractivity contribution in [2.75, 3.05) is 6.61 Å². The van der Waals surface area contributed by atoms with Gasteiger partial charge >= 0.3 is 0 Å². The Morgan fingerprint density at radius 2 is 0.733 bits per heavy atom. The molecule has 0 aromatic heterocycles. The highest BCUT2D eigenvalue weighted by molar-refractivity contribution is 5.76. The smallest absolute Gasteiger partial charge is 0.220 e. The number of amides is 1. The molecule has 3 N–H and O–H groups in total. The van der Waals surface area contributed by atoms with Gasteiger partial charge in [-0.25, -0.2) is 0 Å². The molecule has 346 valence electrons. The second-order valence-electron chi connectivity index (χ2n) is 17.2. The van der Waals surface area contributed by atoms with Crippen molar-refractivity contribution >= 4 is 5.91 Å². The van der Waals surface area contributed by atoms with Crippen LogP contribution >= 0.6 is 0 Å². The van der Waals surface area contributed by atoms with Crippen molar-refractivity contribution in [1.82, 2.24) is 5.32 Å². The maximum Gasteiger partial charge on any atom is 0.220 e. The van der Waals surface area contributed by atoms with Gasteiger partial charge in [-0.05, 0) is 70.6 Å². The number of carbonyl (C=O) groups is 1. The van der Waals surface area contributed by atoms with Crippen molar-refractivity contribution in [2.24, 2.45) is 0 Å². The first-order valence-electron chi connectivity index (χ1n) is 25.8. The summed E-state index contributed by atoms with van der Waals surface area (Å²) in [5, 5.41) is 23.0. The zero-order valence-corrected chi connectivity index (χ0v) is 39.7. The molecular weight excluding hydrogens is 735 g/mol. The zero-order chi connectivity index (χ0) is 43.5. The summed E-state index contributed by atoms with van der Waals surface area (Å²) in [6.07, 6.45) is 74.4. The second-order valence-corrected chi connectivity index (χ2v) is 17.2. The molecule has 0 heterocycles. The van der Waals surface area contributed by atoms with Crippen molar-refractivity contribution in [3.63, 3.8) is 0 Å². The number of hydrogen-bond acceptors (Lipinski definition) is 3. The van der Waals surface area contributed by atoms with Crippen LogP contribution in [0.4, 0.5) is 0 Å². The Kier molecular flexibility index (Phi) is 48.9. The van der Waals surface area contributed by atoms with Crippen LogP contribution < -0.4 is 5.32 Å². The number of aliphatic hydroxyl groups is 2. The highest BCUT2D eigenvalue weighted by atomic mass is 16.3. The SMILES string of the molecule is CC/C=C\C/C=C\C/C=C\C/C=C\C/C=C\C/C=C\C/C=C\CCCCCCCCCCCCCCCCCCCCCC(=O)NC(CO)C(O)CCCCCCCCC. The summed E-state index contributed by atoms with van der Waals surface area (Å²) >= 11 is 0. The number of hydrogen-bond donors (Lipinski definition) is 3. The third-order valence-corrected chi connectivity index (χ3v) is 11.4. The Bertz CT molecular complexity index is 1080. The summed E-state index contributed by atoms with van der Waals surface area (Å²) in [6.45, 7) is 4.20. The molecule has 2 unspecified atom stereocenters. The summed E-state index contributed by atoms with van der Waals surface area (Å²) < 4.78 is 0. The Morgan fingerprint density at radius 3 is 1.10 bits per heavy atom. The van der Waals surface area contributed by atoms with Gasteiger partial charge in [0.05, 0.1) is 18.8 Å². The van der Waals surface area contributed by atoms with Gasteiger partial charge in [-0.2, -0.15) is 0 Å². The van der Waals surface area contributed by atoms with Crippen LogP contribution in [0.3, 0.4) is 0 Å². The van der Waals surface area contributed by atoms with E-state index in [1.54, 1.807) is 0 Å². The summed E-state index contributed by atoms with van der Waals surface area (Å²) in [4.78, 5) is 12.3. The van der Waals surface area contributed by atoms with E-state index < -0.39 is 12.1 Å². The van der Waals surface area contributed by atoms with Gasteiger partial charge in [-0.3, -0.25) is 4.79 Å². The molecule has 60 heavy (non-hydrogen) atoms. The largest absolute Gasteiger partial charge is 0.394 e. The van der Waals surface area contributed by atoms with Gasteiger partial charge in [-0.15, -0.1) is 0 Å². The molecule has 0 aromatic carbocycles. The van der Waals surface area contributed by atoms with E-state index in [1.165, 1.54) is 148 Å². The molecule has 0 bridgehead atoms. The van der Waals surface area contributed by atoms with Gasteiger partial charge in [0.25, 0.3) is 0 Å². The molecule has 2 atom stereocenters. The quantitative estimate of drug-likeness (QED) is 0.0423. The van der Waals surface area contributed by atoms with Crippen LogP contribution in [0.5, 0.6) is 0 Å². The van der Waals surface area contributed by atoms with Crippen LogP contribution in [0.1, 0.15) is 245 Å². The van der Waals surface area contributed by atoms with Crippen molar-refractivity contribution < 1.29 is 15.0 Å². The van der Waals surface area contributed by atoms with Crippen molar-refractivity contribution in [2.45, 2.75) is 257 Å². The molecule has 0 rings (SSSR count). The normalized spacial score (nSPS) is 13.6. The van der Waals surface area contributed by atoms with Crippen molar-refractivity contribution in [1.29, 1.82) is 0 Å². The van der Waals surface area contributed by atoms with Crippen LogP contribution in [-0.4, -0.2) is 34.9 Å². The van der Waals surface area contributed by atoms with Crippen LogP contribution in [0.2, 0.25) is 0 Å². The Balaban J connectivity index is 3.42. The third kappa shape index (κ3) is 46.6. The lowest BCUT2D eigenvalue weighted by molar-refractivity contribution is -0.123. The van der Waals surface area contributed by atoms with E-state index in [1.807, 2.05) is 0 Å². The lowest BCUT2D eigenvalue weighted by atomic mass is 10.0. The van der Waals surface area contributed by atoms with E-state index >= 15 is 0 Å². The summed E-state index contributed by atoms with van der Waals surface area (Å²) in [6, 6.07) is -0.534. The molecule has 4 nitrogen and oxygen atoms in total. The highest BCUT2D eigenvalue weighted by Gasteiger charge is 2.20. The van der Waals surface area contributed by atoms with E-state index in [4.69, 9.17) is 0 Å². The molecule has 0 aliphatic heterocycles. The van der Waals surface area contributed by atoms with Crippen LogP contribution in [0, 0.1) is 0 Å². The molecule has 0 aromatic rings. The van der Waals surface area contributed by atoms with Crippen molar-refractivity contribution in [3.8, 4) is 0 Å². The van der Waals surface area contributed by atoms with Crippen LogP contribution in [0.25, 0.3) is 0 Å². The van der Waals surface area contributed by atoms with E-state index in [2.05, 4.69) is 104 Å². The molecule has 0 radical (unpaired) electrons. The molecule has 0 saturated heterocycles. The summed E-state index contributed by atoms with van der Waals surface area (Å²) in [5.74, 6) is -0.0357. The fourth-order valence-corrected chi connectivity index (χ4v) is 7.52. The minimum Gasteiger partial charge on any atom is -0.394 e. The standard InChI is InChI=1S/C56H99NO3/c1-3-5-7-9-11-12-13-14-15-16-17-18-19-20-21-22-23-24-25-26-27-28-29-30-31-32-33-34-35-36-37-38-39-40-41-42-43-44-46-48-50-52-56(60)57-54(53-58)55(59)51-49-47-45-10-8-6-4-2/h5,7,11-12,14-15,17-18,20-21,23-24,26-27,54-55,58-59H,3-4,6,8-10,13,16,19,22,25,28-53H2,1-2H3,(H,57,60)/b7-5-,12-11-,15-14-,18-17-,21-20-,24-23-,27-26-. The number of carbonyl (C=O) groups excluding carboxylic acids is 1. The summed E-state index contributed by atoms with van der Waals surface area (Å²) in [5.41, 5.74) is 0. The Hall–Kier alpha value is -2.43. The van der Waals surface area contributed by atoms with E-state index in [-0.39, 0.29) is 12.5 Å². The number of unbranched alkanes of at least 4 members (excludes halogenated alkanes) is 25. The Labute approximate surface area is 373 Å². The topological polar surface area (TPSA) is 69.6 Å². The monoisotopic (exact) mass is 834 g/mol. The second kappa shape index (κ2) is 50.9. The lowest BCUT2D eigenvalue weighted by Gasteiger charge is -2.22. The number of aliphatic hydroxyl groups excluding tert-OH is 2. The average Bonchev–Trinajstić information content (AvgIpc) is 3.25. The fourth-order valence-electron chi connectivity index (χ4n) is 7.52. The maximum absolute atomic E-state index is 12.3. The minimum atomic E-state index is -0.657. The molecular formula is C56H99NO3. The van der Waals surface area contributed by atoms with Gasteiger partial charge in [-0.1, -0.05) is 253 Å². The molecule has 0 aliphatic carbocycles. The third-order valence-electron chi connectivity index (χ3n) is 11.4. The van der Waals surface area contributed by atoms with Crippen LogP contribution in [-0.2, 0) is 4.79 Å². The van der Waals surface area contributed by atoms with Gasteiger partial charge in [0, 0.05) is 6.42 Å².